The van der Waals surface area contributed by atoms with Gasteiger partial charge in [-0.15, -0.1) is 0 Å². The van der Waals surface area contributed by atoms with Crippen molar-refractivity contribution in [1.29, 1.82) is 0 Å². The molecule has 2 fully saturated rings. The van der Waals surface area contributed by atoms with Crippen molar-refractivity contribution in [3.63, 3.8) is 0 Å². The van der Waals surface area contributed by atoms with Crippen LogP contribution in [0.15, 0.2) is 28.9 Å². The summed E-state index contributed by atoms with van der Waals surface area (Å²) >= 11 is 0. The fourth-order valence-corrected chi connectivity index (χ4v) is 3.81. The molecule has 3 N–H and O–H groups in total. The van der Waals surface area contributed by atoms with Crippen molar-refractivity contribution in [2.24, 2.45) is 7.05 Å². The Morgan fingerprint density at radius 1 is 1.10 bits per heavy atom. The van der Waals surface area contributed by atoms with Crippen molar-refractivity contribution in [1.82, 2.24) is 19.8 Å². The summed E-state index contributed by atoms with van der Waals surface area (Å²) in [4.78, 5) is 36.8. The number of amides is 1. The number of halogens is 6. The van der Waals surface area contributed by atoms with Crippen molar-refractivity contribution in [2.45, 2.75) is 63.5 Å². The predicted molar refractivity (Wildman–Crippen MR) is 118 cm³/mol. The quantitative estimate of drug-likeness (QED) is 0.460. The number of hydrogen-bond donors (Lipinski definition) is 3. The van der Waals surface area contributed by atoms with Crippen LogP contribution in [0.1, 0.15) is 30.2 Å². The molecule has 2 aromatic heterocycles. The highest BCUT2D eigenvalue weighted by molar-refractivity contribution is 5.81. The molecule has 218 valence electrons. The summed E-state index contributed by atoms with van der Waals surface area (Å²) in [5, 5.41) is 17.2. The Bertz CT molecular complexity index is 1110. The molecule has 2 aliphatic heterocycles. The lowest BCUT2D eigenvalue weighted by Gasteiger charge is -2.21. The van der Waals surface area contributed by atoms with Crippen molar-refractivity contribution < 1.29 is 60.1 Å². The number of nitrogens with one attached hydrogen (secondary N) is 1. The number of carboxylic acids is 2. The number of carboxylic acid groups (broad SMARTS) is 2. The molecule has 2 saturated heterocycles. The van der Waals surface area contributed by atoms with Crippen LogP contribution in [-0.2, 0) is 39.3 Å². The van der Waals surface area contributed by atoms with Crippen LogP contribution in [0.4, 0.5) is 26.3 Å². The van der Waals surface area contributed by atoms with Gasteiger partial charge in [-0.05, 0) is 25.5 Å². The standard InChI is InChI=1S/C18H24N4O3.2C2HF3O2/c1-12-3-4-13(24-12)11-22-7-5-15-14(22)9-16(25-15)18(23)20-10-17-19-6-8-21(17)2;2*3-2(4,5)1(6)7/h3-4,6,8,14-16H,5,7,9-11H2,1-2H3,(H,20,23);2*(H,6,7)/t14-,15-,16+;;/m0../s1. The van der Waals surface area contributed by atoms with Crippen LogP contribution in [0.5, 0.6) is 0 Å². The van der Waals surface area contributed by atoms with Crippen LogP contribution < -0.4 is 5.32 Å². The Morgan fingerprint density at radius 2 is 1.69 bits per heavy atom. The average molecular weight is 572 g/mol. The van der Waals surface area contributed by atoms with Crippen LogP contribution in [0, 0.1) is 6.92 Å². The van der Waals surface area contributed by atoms with Crippen molar-refractivity contribution in [2.75, 3.05) is 6.54 Å². The molecule has 1 amide bonds. The number of rotatable bonds is 5. The van der Waals surface area contributed by atoms with Gasteiger partial charge in [0.2, 0.25) is 5.91 Å². The molecule has 0 bridgehead atoms. The van der Waals surface area contributed by atoms with E-state index in [0.717, 1.165) is 43.3 Å². The third-order valence-corrected chi connectivity index (χ3v) is 5.67. The van der Waals surface area contributed by atoms with Gasteiger partial charge in [0, 0.05) is 38.4 Å². The molecule has 0 spiro atoms. The van der Waals surface area contributed by atoms with E-state index in [1.54, 1.807) is 6.20 Å². The molecule has 2 aliphatic rings. The van der Waals surface area contributed by atoms with E-state index >= 15 is 0 Å². The van der Waals surface area contributed by atoms with Gasteiger partial charge in [-0.3, -0.25) is 9.69 Å². The molecule has 0 saturated carbocycles. The molecule has 0 unspecified atom stereocenters. The zero-order valence-electron chi connectivity index (χ0n) is 20.6. The van der Waals surface area contributed by atoms with Gasteiger partial charge in [-0.1, -0.05) is 0 Å². The number of imidazole rings is 1. The van der Waals surface area contributed by atoms with Crippen molar-refractivity contribution in [3.05, 3.63) is 41.9 Å². The van der Waals surface area contributed by atoms with E-state index in [0.29, 0.717) is 6.54 Å². The number of aliphatic carboxylic acids is 2. The maximum atomic E-state index is 12.4. The second-order valence-electron chi connectivity index (χ2n) is 8.52. The summed E-state index contributed by atoms with van der Waals surface area (Å²) < 4.78 is 77.1. The van der Waals surface area contributed by atoms with Gasteiger partial charge in [0.1, 0.15) is 23.4 Å². The van der Waals surface area contributed by atoms with E-state index in [9.17, 15) is 31.1 Å². The molecule has 39 heavy (non-hydrogen) atoms. The van der Waals surface area contributed by atoms with E-state index in [4.69, 9.17) is 29.0 Å². The summed E-state index contributed by atoms with van der Waals surface area (Å²) in [6.45, 7) is 4.14. The predicted octanol–water partition coefficient (Wildman–Crippen LogP) is 2.64. The van der Waals surface area contributed by atoms with Crippen LogP contribution in [0.3, 0.4) is 0 Å². The number of alkyl halides is 6. The van der Waals surface area contributed by atoms with Crippen molar-refractivity contribution in [3.8, 4) is 0 Å². The van der Waals surface area contributed by atoms with E-state index in [1.165, 1.54) is 0 Å². The summed E-state index contributed by atoms with van der Waals surface area (Å²) in [6.07, 6.45) is -5.11. The highest BCUT2D eigenvalue weighted by Gasteiger charge is 2.45. The maximum absolute atomic E-state index is 12.4. The van der Waals surface area contributed by atoms with Crippen LogP contribution >= 0.6 is 0 Å². The van der Waals surface area contributed by atoms with Crippen LogP contribution in [-0.4, -0.2) is 79.7 Å². The Labute approximate surface area is 217 Å². The molecule has 4 heterocycles. The number of carbonyl (C=O) groups excluding carboxylic acids is 1. The second kappa shape index (κ2) is 13.0. The third-order valence-electron chi connectivity index (χ3n) is 5.67. The van der Waals surface area contributed by atoms with Gasteiger partial charge in [-0.25, -0.2) is 14.6 Å². The topological polar surface area (TPSA) is 147 Å². The minimum atomic E-state index is -5.08. The van der Waals surface area contributed by atoms with Gasteiger partial charge < -0.3 is 29.3 Å². The summed E-state index contributed by atoms with van der Waals surface area (Å²) in [6, 6.07) is 4.30. The lowest BCUT2D eigenvalue weighted by atomic mass is 10.1. The van der Waals surface area contributed by atoms with Crippen LogP contribution in [0.25, 0.3) is 0 Å². The van der Waals surface area contributed by atoms with E-state index < -0.39 is 24.3 Å². The van der Waals surface area contributed by atoms with Gasteiger partial charge in [0.15, 0.2) is 0 Å². The number of carbonyl (C=O) groups is 3. The highest BCUT2D eigenvalue weighted by Crippen LogP contribution is 2.34. The third kappa shape index (κ3) is 9.58. The zero-order chi connectivity index (χ0) is 29.5. The summed E-state index contributed by atoms with van der Waals surface area (Å²) in [5.74, 6) is -2.83. The Balaban J connectivity index is 0.000000317. The van der Waals surface area contributed by atoms with E-state index in [2.05, 4.69) is 15.2 Å². The largest absolute Gasteiger partial charge is 0.490 e. The number of aromatic nitrogens is 2. The lowest BCUT2D eigenvalue weighted by Crippen LogP contribution is -2.36. The molecule has 0 aliphatic carbocycles. The summed E-state index contributed by atoms with van der Waals surface area (Å²) in [5.41, 5.74) is 0. The van der Waals surface area contributed by atoms with E-state index in [-0.39, 0.29) is 24.2 Å². The Morgan fingerprint density at radius 3 is 2.15 bits per heavy atom. The lowest BCUT2D eigenvalue weighted by molar-refractivity contribution is -0.193. The molecule has 4 rings (SSSR count). The number of furan rings is 1. The Hall–Kier alpha value is -3.60. The van der Waals surface area contributed by atoms with Crippen molar-refractivity contribution >= 4 is 17.8 Å². The number of likely N-dealkylation sites (tertiary alicyclic amines) is 1. The van der Waals surface area contributed by atoms with Gasteiger partial charge in [0.25, 0.3) is 0 Å². The number of hydrogen-bond acceptors (Lipinski definition) is 7. The van der Waals surface area contributed by atoms with Gasteiger partial charge in [0.05, 0.1) is 19.2 Å². The first-order chi connectivity index (χ1) is 18.0. The first-order valence-electron chi connectivity index (χ1n) is 11.3. The monoisotopic (exact) mass is 572 g/mol. The average Bonchev–Trinajstić information content (AvgIpc) is 3.59. The normalized spacial score (nSPS) is 20.8. The fourth-order valence-electron chi connectivity index (χ4n) is 3.81. The number of nitrogens with zero attached hydrogens (tertiary/aromatic N) is 3. The minimum Gasteiger partial charge on any atom is -0.475 e. The summed E-state index contributed by atoms with van der Waals surface area (Å²) in [7, 11) is 1.92. The molecule has 17 heteroatoms. The smallest absolute Gasteiger partial charge is 0.475 e. The molecule has 11 nitrogen and oxygen atoms in total. The highest BCUT2D eigenvalue weighted by atomic mass is 19.4. The van der Waals surface area contributed by atoms with Gasteiger partial charge in [-0.2, -0.15) is 26.3 Å². The van der Waals surface area contributed by atoms with Crippen LogP contribution in [0.2, 0.25) is 0 Å². The SMILES string of the molecule is Cc1ccc(CN2CC[C@@H]3O[C@@H](C(=O)NCc4nccn4C)C[C@@H]32)o1.O=C(O)C(F)(F)F.O=C(O)C(F)(F)F. The first-order valence-corrected chi connectivity index (χ1v) is 11.3. The first kappa shape index (κ1) is 31.6. The molecule has 2 aromatic rings. The van der Waals surface area contributed by atoms with E-state index in [1.807, 2.05) is 36.9 Å². The second-order valence-corrected chi connectivity index (χ2v) is 8.52. The molecular weight excluding hydrogens is 546 g/mol. The zero-order valence-corrected chi connectivity index (χ0v) is 20.6. The number of ether oxygens (including phenoxy) is 1. The number of aryl methyl sites for hydroxylation is 2. The molecule has 0 radical (unpaired) electrons. The Kier molecular flexibility index (Phi) is 10.5. The molecular formula is C22H26F6N4O7. The molecule has 0 aromatic carbocycles. The minimum absolute atomic E-state index is 0.0498. The fraction of sp³-hybridized carbons (Fsp3) is 0.545. The van der Waals surface area contributed by atoms with Gasteiger partial charge >= 0.3 is 24.3 Å². The maximum Gasteiger partial charge on any atom is 0.490 e. The number of fused-ring (bicyclic) bond motifs is 1. The molecule has 3 atom stereocenters.